The lowest BCUT2D eigenvalue weighted by Gasteiger charge is -2.21. The molecule has 0 spiro atoms. The van der Waals surface area contributed by atoms with Crippen LogP contribution in [0.5, 0.6) is 11.6 Å². The highest BCUT2D eigenvalue weighted by atomic mass is 16.6. The maximum absolute atomic E-state index is 12.5. The molecule has 0 amide bonds. The molecule has 6 heteroatoms. The Bertz CT molecular complexity index is 1050. The number of H-pyrrole nitrogens is 1. The van der Waals surface area contributed by atoms with Crippen LogP contribution in [0.25, 0.3) is 0 Å². The maximum atomic E-state index is 12.5. The number of nitrogens with one attached hydrogen (secondary N) is 1. The Morgan fingerprint density at radius 2 is 1.94 bits per heavy atom. The van der Waals surface area contributed by atoms with Crippen LogP contribution in [-0.4, -0.2) is 42.1 Å². The second-order valence-electron chi connectivity index (χ2n) is 9.41. The van der Waals surface area contributed by atoms with Crippen molar-refractivity contribution < 1.29 is 19.3 Å². The minimum atomic E-state index is -0.565. The maximum Gasteiger partial charge on any atom is 0.238 e. The van der Waals surface area contributed by atoms with Crippen molar-refractivity contribution in [3.63, 3.8) is 0 Å². The van der Waals surface area contributed by atoms with E-state index in [0.717, 1.165) is 23.3 Å². The van der Waals surface area contributed by atoms with E-state index in [4.69, 9.17) is 14.2 Å². The minimum absolute atomic E-state index is 0.00349. The first kappa shape index (κ1) is 27.7. The van der Waals surface area contributed by atoms with E-state index < -0.39 is 11.7 Å². The smallest absolute Gasteiger partial charge is 0.238 e. The van der Waals surface area contributed by atoms with Crippen molar-refractivity contribution in [3.05, 3.63) is 68.6 Å². The first-order chi connectivity index (χ1) is 16.0. The zero-order valence-electron chi connectivity index (χ0n) is 22.1. The number of methoxy groups -OCH3 is 2. The molecule has 2 N–H and O–H groups in total. The summed E-state index contributed by atoms with van der Waals surface area (Å²) in [6.45, 7) is 13.9. The largest absolute Gasteiger partial charge is 0.488 e. The molecule has 1 aromatic heterocycles. The predicted octanol–water partition coefficient (Wildman–Crippen LogP) is 5.20. The Morgan fingerprint density at radius 1 is 1.26 bits per heavy atom. The third-order valence-corrected chi connectivity index (χ3v) is 6.67. The number of hydrogen-bond donors (Lipinski definition) is 2. The molecule has 1 fully saturated rings. The van der Waals surface area contributed by atoms with Crippen LogP contribution in [-0.2, 0) is 11.2 Å². The van der Waals surface area contributed by atoms with Gasteiger partial charge < -0.3 is 24.3 Å². The summed E-state index contributed by atoms with van der Waals surface area (Å²) in [5.74, 6) is 0.517. The first-order valence-electron chi connectivity index (χ1n) is 11.8. The van der Waals surface area contributed by atoms with Crippen molar-refractivity contribution in [2.75, 3.05) is 14.2 Å². The third kappa shape index (κ3) is 6.30. The van der Waals surface area contributed by atoms with E-state index in [1.807, 2.05) is 40.7 Å². The molecule has 0 radical (unpaired) electrons. The fraction of sp³-hybridized carbons (Fsp3) is 0.536. The van der Waals surface area contributed by atoms with Gasteiger partial charge in [-0.3, -0.25) is 4.79 Å². The zero-order chi connectivity index (χ0) is 25.6. The van der Waals surface area contributed by atoms with Gasteiger partial charge in [0.2, 0.25) is 17.1 Å². The van der Waals surface area contributed by atoms with Crippen molar-refractivity contribution in [3.8, 4) is 11.6 Å². The Balaban J connectivity index is 1.98. The van der Waals surface area contributed by atoms with E-state index in [9.17, 15) is 9.90 Å². The number of ether oxygens (including phenoxy) is 3. The van der Waals surface area contributed by atoms with Gasteiger partial charge in [-0.05, 0) is 53.5 Å². The Morgan fingerprint density at radius 3 is 2.53 bits per heavy atom. The van der Waals surface area contributed by atoms with Crippen LogP contribution < -0.4 is 14.9 Å². The van der Waals surface area contributed by atoms with Crippen LogP contribution in [0.3, 0.4) is 0 Å². The predicted molar refractivity (Wildman–Crippen MR) is 138 cm³/mol. The molecule has 188 valence electrons. The van der Waals surface area contributed by atoms with Gasteiger partial charge in [0.15, 0.2) is 0 Å². The monoisotopic (exact) mass is 471 g/mol. The molecule has 4 atom stereocenters. The number of aromatic nitrogens is 1. The standard InChI is InChI=1S/C28H41NO5/c1-10-19(4)26-28(7,34-26)25(31)20(5)16-18(3)13-11-12-17(2)14-15-22-21(6)23(30)24(32-8)27(29-22)33-9/h10-11,13-14,16,20,25-26,31H,12,15H2,1-9H3,(H,29,30)/b13-11+,17-14+,18-16+,19-10+/t20-,25-,26+,28+/m1/s1. The number of aliphatic hydroxyl groups is 1. The highest BCUT2D eigenvalue weighted by Crippen LogP contribution is 2.45. The summed E-state index contributed by atoms with van der Waals surface area (Å²) in [5.41, 5.74) is 4.21. The van der Waals surface area contributed by atoms with Gasteiger partial charge in [-0.15, -0.1) is 0 Å². The van der Waals surface area contributed by atoms with Crippen LogP contribution in [0.15, 0.2) is 51.9 Å². The quantitative estimate of drug-likeness (QED) is 0.263. The van der Waals surface area contributed by atoms with Crippen molar-refractivity contribution >= 4 is 0 Å². The van der Waals surface area contributed by atoms with E-state index in [-0.39, 0.29) is 23.2 Å². The summed E-state index contributed by atoms with van der Waals surface area (Å²) in [5, 5.41) is 10.8. The van der Waals surface area contributed by atoms with Crippen molar-refractivity contribution in [1.82, 2.24) is 4.98 Å². The molecule has 1 saturated heterocycles. The molecule has 34 heavy (non-hydrogen) atoms. The highest BCUT2D eigenvalue weighted by molar-refractivity contribution is 5.40. The van der Waals surface area contributed by atoms with Crippen LogP contribution >= 0.6 is 0 Å². The zero-order valence-corrected chi connectivity index (χ0v) is 22.1. The summed E-state index contributed by atoms with van der Waals surface area (Å²) in [6, 6.07) is 0. The van der Waals surface area contributed by atoms with Crippen molar-refractivity contribution in [2.45, 2.75) is 79.1 Å². The lowest BCUT2D eigenvalue weighted by molar-refractivity contribution is 0.0564. The average Bonchev–Trinajstić information content (AvgIpc) is 3.51. The minimum Gasteiger partial charge on any atom is -0.488 e. The van der Waals surface area contributed by atoms with E-state index in [1.54, 1.807) is 6.92 Å². The van der Waals surface area contributed by atoms with E-state index in [0.29, 0.717) is 17.9 Å². The summed E-state index contributed by atoms with van der Waals surface area (Å²) >= 11 is 0. The fourth-order valence-corrected chi connectivity index (χ4v) is 4.25. The van der Waals surface area contributed by atoms with Gasteiger partial charge >= 0.3 is 0 Å². The van der Waals surface area contributed by atoms with Crippen LogP contribution in [0.1, 0.15) is 59.2 Å². The number of hydrogen-bond acceptors (Lipinski definition) is 5. The fourth-order valence-electron chi connectivity index (χ4n) is 4.25. The Kier molecular flexibility index (Phi) is 9.54. The Hall–Kier alpha value is -2.57. The molecule has 1 aliphatic heterocycles. The van der Waals surface area contributed by atoms with Gasteiger partial charge in [0.25, 0.3) is 0 Å². The lowest BCUT2D eigenvalue weighted by Crippen LogP contribution is -2.34. The van der Waals surface area contributed by atoms with E-state index in [2.05, 4.69) is 36.2 Å². The molecule has 0 bridgehead atoms. The number of pyridine rings is 1. The molecule has 0 unspecified atom stereocenters. The summed E-state index contributed by atoms with van der Waals surface area (Å²) in [6.07, 6.45) is 11.3. The van der Waals surface area contributed by atoms with Crippen LogP contribution in [0.4, 0.5) is 0 Å². The summed E-state index contributed by atoms with van der Waals surface area (Å²) < 4.78 is 16.3. The van der Waals surface area contributed by atoms with Gasteiger partial charge in [0.1, 0.15) is 11.7 Å². The Labute approximate surface area is 204 Å². The van der Waals surface area contributed by atoms with Crippen LogP contribution in [0.2, 0.25) is 0 Å². The van der Waals surface area contributed by atoms with E-state index >= 15 is 0 Å². The molecular formula is C28H41NO5. The lowest BCUT2D eigenvalue weighted by atomic mass is 9.87. The van der Waals surface area contributed by atoms with Gasteiger partial charge in [-0.25, -0.2) is 0 Å². The molecule has 0 aliphatic carbocycles. The molecule has 2 heterocycles. The molecule has 6 nitrogen and oxygen atoms in total. The van der Waals surface area contributed by atoms with Crippen LogP contribution in [0, 0.1) is 12.8 Å². The second kappa shape index (κ2) is 11.7. The molecule has 1 aliphatic rings. The molecule has 0 aromatic carbocycles. The molecule has 1 aromatic rings. The number of aliphatic hydroxyl groups excluding tert-OH is 1. The first-order valence-corrected chi connectivity index (χ1v) is 11.8. The third-order valence-electron chi connectivity index (χ3n) is 6.67. The van der Waals surface area contributed by atoms with E-state index in [1.165, 1.54) is 19.8 Å². The van der Waals surface area contributed by atoms with Crippen molar-refractivity contribution in [2.24, 2.45) is 5.92 Å². The number of epoxide rings is 1. The number of aromatic amines is 1. The number of allylic oxidation sites excluding steroid dienone is 6. The van der Waals surface area contributed by atoms with Crippen molar-refractivity contribution in [1.29, 1.82) is 0 Å². The molecule has 0 saturated carbocycles. The normalized spacial score (nSPS) is 23.2. The number of rotatable bonds is 11. The van der Waals surface area contributed by atoms with Gasteiger partial charge in [0.05, 0.1) is 20.3 Å². The summed E-state index contributed by atoms with van der Waals surface area (Å²) in [7, 11) is 2.97. The SMILES string of the molecule is C/C=C(\C)[C@@H]1O[C@@]1(C)[C@H](O)[C@H](C)/C=C(C)/C=C/C/C(C)=C/Cc1[nH]c(OC)c(OC)c(=O)c1C. The van der Waals surface area contributed by atoms with Gasteiger partial charge in [-0.2, -0.15) is 0 Å². The molecule has 2 rings (SSSR count). The summed E-state index contributed by atoms with van der Waals surface area (Å²) in [4.78, 5) is 15.6. The average molecular weight is 472 g/mol. The highest BCUT2D eigenvalue weighted by Gasteiger charge is 2.58. The second-order valence-corrected chi connectivity index (χ2v) is 9.41. The van der Waals surface area contributed by atoms with Gasteiger partial charge in [0, 0.05) is 23.6 Å². The van der Waals surface area contributed by atoms with Gasteiger partial charge in [-0.1, -0.05) is 48.5 Å². The topological polar surface area (TPSA) is 84.1 Å². The molecular weight excluding hydrogens is 430 g/mol.